The van der Waals surface area contributed by atoms with E-state index < -0.39 is 9.84 Å². The fourth-order valence-electron chi connectivity index (χ4n) is 2.60. The van der Waals surface area contributed by atoms with E-state index in [1.165, 1.54) is 0 Å². The first-order valence-electron chi connectivity index (χ1n) is 7.10. The van der Waals surface area contributed by atoms with Crippen LogP contribution < -0.4 is 5.32 Å². The highest BCUT2D eigenvalue weighted by atomic mass is 32.2. The number of nitrogens with one attached hydrogen (secondary N) is 1. The molecule has 2 rings (SSSR count). The second-order valence-corrected chi connectivity index (χ2v) is 8.19. The maximum absolute atomic E-state index is 11.5. The van der Waals surface area contributed by atoms with Gasteiger partial charge < -0.3 is 9.84 Å². The molecule has 114 valence electrons. The van der Waals surface area contributed by atoms with E-state index in [9.17, 15) is 8.42 Å². The minimum Gasteiger partial charge on any atom is -0.339 e. The molecule has 20 heavy (non-hydrogen) atoms. The quantitative estimate of drug-likeness (QED) is 0.848. The lowest BCUT2D eigenvalue weighted by Gasteiger charge is -2.15. The lowest BCUT2D eigenvalue weighted by Crippen LogP contribution is -2.29. The van der Waals surface area contributed by atoms with Crippen LogP contribution in [-0.4, -0.2) is 43.2 Å². The van der Waals surface area contributed by atoms with E-state index >= 15 is 0 Å². The van der Waals surface area contributed by atoms with Gasteiger partial charge >= 0.3 is 0 Å². The third kappa shape index (κ3) is 4.02. The smallest absolute Gasteiger partial charge is 0.228 e. The van der Waals surface area contributed by atoms with E-state index in [0.717, 1.165) is 6.42 Å². The summed E-state index contributed by atoms with van der Waals surface area (Å²) < 4.78 is 28.2. The summed E-state index contributed by atoms with van der Waals surface area (Å²) >= 11 is 0. The van der Waals surface area contributed by atoms with Crippen molar-refractivity contribution in [3.8, 4) is 0 Å². The first kappa shape index (κ1) is 15.4. The Morgan fingerprint density at radius 1 is 1.45 bits per heavy atom. The largest absolute Gasteiger partial charge is 0.339 e. The Bertz CT molecular complexity index is 539. The van der Waals surface area contributed by atoms with Gasteiger partial charge in [0.2, 0.25) is 5.89 Å². The van der Waals surface area contributed by atoms with E-state index in [-0.39, 0.29) is 17.4 Å². The lowest BCUT2D eigenvalue weighted by molar-refractivity contribution is 0.341. The molecule has 0 aromatic carbocycles. The maximum atomic E-state index is 11.5. The van der Waals surface area contributed by atoms with E-state index in [0.29, 0.717) is 36.5 Å². The number of nitrogens with zero attached hydrogens (tertiary/aromatic N) is 2. The van der Waals surface area contributed by atoms with E-state index in [1.807, 2.05) is 7.05 Å². The molecule has 0 spiro atoms. The highest BCUT2D eigenvalue weighted by Gasteiger charge is 2.32. The Morgan fingerprint density at radius 2 is 2.20 bits per heavy atom. The number of hydrogen-bond acceptors (Lipinski definition) is 6. The second kappa shape index (κ2) is 6.22. The molecule has 0 aliphatic carbocycles. The van der Waals surface area contributed by atoms with Crippen LogP contribution in [0.2, 0.25) is 0 Å². The van der Waals surface area contributed by atoms with Gasteiger partial charge in [-0.05, 0) is 25.8 Å². The molecule has 0 bridgehead atoms. The molecule has 0 radical (unpaired) electrons. The van der Waals surface area contributed by atoms with Gasteiger partial charge in [-0.1, -0.05) is 19.0 Å². The average Bonchev–Trinajstić information content (AvgIpc) is 2.94. The fourth-order valence-corrected chi connectivity index (χ4v) is 4.34. The number of hydrogen-bond donors (Lipinski definition) is 1. The second-order valence-electron chi connectivity index (χ2n) is 5.97. The summed E-state index contributed by atoms with van der Waals surface area (Å²) in [4.78, 5) is 4.37. The molecule has 2 unspecified atom stereocenters. The summed E-state index contributed by atoms with van der Waals surface area (Å²) in [6.45, 7) is 4.35. The SMILES string of the molecule is CNC(Cc1nc(C2CCS(=O)(=O)C2)no1)CC(C)C. The zero-order valence-corrected chi connectivity index (χ0v) is 13.1. The van der Waals surface area contributed by atoms with Crippen LogP contribution in [0.4, 0.5) is 0 Å². The van der Waals surface area contributed by atoms with Crippen molar-refractivity contribution in [2.45, 2.75) is 45.1 Å². The molecule has 0 amide bonds. The fraction of sp³-hybridized carbons (Fsp3) is 0.846. The third-order valence-corrected chi connectivity index (χ3v) is 5.43. The van der Waals surface area contributed by atoms with Crippen LogP contribution in [0, 0.1) is 5.92 Å². The first-order chi connectivity index (χ1) is 9.39. The number of aromatic nitrogens is 2. The molecule has 1 aromatic rings. The van der Waals surface area contributed by atoms with Crippen molar-refractivity contribution in [2.24, 2.45) is 5.92 Å². The van der Waals surface area contributed by atoms with Crippen LogP contribution in [0.15, 0.2) is 4.52 Å². The molecule has 1 fully saturated rings. The minimum atomic E-state index is -2.91. The minimum absolute atomic E-state index is 0.101. The highest BCUT2D eigenvalue weighted by molar-refractivity contribution is 7.91. The van der Waals surface area contributed by atoms with Crippen molar-refractivity contribution in [2.75, 3.05) is 18.6 Å². The van der Waals surface area contributed by atoms with Crippen molar-refractivity contribution in [3.63, 3.8) is 0 Å². The monoisotopic (exact) mass is 301 g/mol. The molecular formula is C13H23N3O3S. The molecule has 2 heterocycles. The standard InChI is InChI=1S/C13H23N3O3S/c1-9(2)6-11(14-3)7-12-15-13(16-19-12)10-4-5-20(17,18)8-10/h9-11,14H,4-8H2,1-3H3. The van der Waals surface area contributed by atoms with Crippen LogP contribution >= 0.6 is 0 Å². The third-order valence-electron chi connectivity index (χ3n) is 3.67. The molecule has 1 aliphatic heterocycles. The van der Waals surface area contributed by atoms with Crippen LogP contribution in [0.5, 0.6) is 0 Å². The first-order valence-corrected chi connectivity index (χ1v) is 8.92. The van der Waals surface area contributed by atoms with Crippen LogP contribution in [-0.2, 0) is 16.3 Å². The number of sulfone groups is 1. The normalized spacial score (nSPS) is 23.3. The summed E-state index contributed by atoms with van der Waals surface area (Å²) in [5, 5.41) is 7.20. The van der Waals surface area contributed by atoms with Gasteiger partial charge in [-0.25, -0.2) is 8.42 Å². The van der Waals surface area contributed by atoms with Crippen LogP contribution in [0.1, 0.15) is 44.3 Å². The van der Waals surface area contributed by atoms with Gasteiger partial charge in [0.1, 0.15) is 0 Å². The zero-order valence-electron chi connectivity index (χ0n) is 12.3. The van der Waals surface area contributed by atoms with Crippen molar-refractivity contribution >= 4 is 9.84 Å². The zero-order chi connectivity index (χ0) is 14.8. The van der Waals surface area contributed by atoms with Crippen molar-refractivity contribution < 1.29 is 12.9 Å². The van der Waals surface area contributed by atoms with E-state index in [2.05, 4.69) is 29.3 Å². The summed E-state index contributed by atoms with van der Waals surface area (Å²) in [6, 6.07) is 0.301. The highest BCUT2D eigenvalue weighted by Crippen LogP contribution is 2.26. The molecular weight excluding hydrogens is 278 g/mol. The molecule has 1 N–H and O–H groups in total. The summed E-state index contributed by atoms with van der Waals surface area (Å²) in [5.74, 6) is 2.00. The Balaban J connectivity index is 1.98. The van der Waals surface area contributed by atoms with E-state index in [4.69, 9.17) is 4.52 Å². The molecule has 2 atom stereocenters. The average molecular weight is 301 g/mol. The summed E-state index contributed by atoms with van der Waals surface area (Å²) in [6.07, 6.45) is 2.32. The Morgan fingerprint density at radius 3 is 2.75 bits per heavy atom. The van der Waals surface area contributed by atoms with Crippen LogP contribution in [0.3, 0.4) is 0 Å². The molecule has 6 nitrogen and oxygen atoms in total. The maximum Gasteiger partial charge on any atom is 0.228 e. The van der Waals surface area contributed by atoms with Crippen molar-refractivity contribution in [1.82, 2.24) is 15.5 Å². The Labute approximate surface area is 120 Å². The Hall–Kier alpha value is -0.950. The van der Waals surface area contributed by atoms with E-state index in [1.54, 1.807) is 0 Å². The van der Waals surface area contributed by atoms with Crippen LogP contribution in [0.25, 0.3) is 0 Å². The Kier molecular flexibility index (Phi) is 4.80. The molecule has 1 aromatic heterocycles. The topological polar surface area (TPSA) is 85.1 Å². The van der Waals surface area contributed by atoms with Gasteiger partial charge in [-0.3, -0.25) is 0 Å². The summed E-state index contributed by atoms with van der Waals surface area (Å²) in [5.41, 5.74) is 0. The van der Waals surface area contributed by atoms with Gasteiger partial charge in [0, 0.05) is 18.4 Å². The molecule has 1 aliphatic rings. The predicted octanol–water partition coefficient (Wildman–Crippen LogP) is 1.15. The molecule has 7 heteroatoms. The number of likely N-dealkylation sites (N-methyl/N-ethyl adjacent to an activating group) is 1. The van der Waals surface area contributed by atoms with Gasteiger partial charge in [0.15, 0.2) is 15.7 Å². The number of rotatable bonds is 6. The van der Waals surface area contributed by atoms with Crippen molar-refractivity contribution in [3.05, 3.63) is 11.7 Å². The summed E-state index contributed by atoms with van der Waals surface area (Å²) in [7, 11) is -0.988. The van der Waals surface area contributed by atoms with Crippen molar-refractivity contribution in [1.29, 1.82) is 0 Å². The van der Waals surface area contributed by atoms with Gasteiger partial charge in [0.25, 0.3) is 0 Å². The molecule has 1 saturated heterocycles. The predicted molar refractivity (Wildman–Crippen MR) is 76.3 cm³/mol. The molecule has 0 saturated carbocycles. The lowest BCUT2D eigenvalue weighted by atomic mass is 10.0. The van der Waals surface area contributed by atoms with Gasteiger partial charge in [0.05, 0.1) is 11.5 Å². The van der Waals surface area contributed by atoms with Gasteiger partial charge in [-0.2, -0.15) is 4.98 Å². The van der Waals surface area contributed by atoms with Gasteiger partial charge in [-0.15, -0.1) is 0 Å².